The maximum absolute atomic E-state index is 5.73. The van der Waals surface area contributed by atoms with Crippen LogP contribution in [0.5, 0.6) is 0 Å². The van der Waals surface area contributed by atoms with Gasteiger partial charge < -0.3 is 5.73 Å². The second-order valence-corrected chi connectivity index (χ2v) is 4.03. The van der Waals surface area contributed by atoms with Crippen molar-refractivity contribution < 1.29 is 0 Å². The summed E-state index contributed by atoms with van der Waals surface area (Å²) in [6.45, 7) is 10.4. The second kappa shape index (κ2) is 3.25. The van der Waals surface area contributed by atoms with Crippen LogP contribution < -0.4 is 5.73 Å². The lowest BCUT2D eigenvalue weighted by atomic mass is 9.79. The Labute approximate surface area is 80.3 Å². The van der Waals surface area contributed by atoms with Gasteiger partial charge in [-0.15, -0.1) is 0 Å². The van der Waals surface area contributed by atoms with Gasteiger partial charge in [-0.25, -0.2) is 0 Å². The lowest BCUT2D eigenvalue weighted by Gasteiger charge is -2.26. The summed E-state index contributed by atoms with van der Waals surface area (Å²) in [6, 6.07) is 7.98. The monoisotopic (exact) mass is 175 g/mol. The van der Waals surface area contributed by atoms with E-state index in [9.17, 15) is 0 Å². The molecule has 0 atom stereocenters. The van der Waals surface area contributed by atoms with Gasteiger partial charge in [0.05, 0.1) is 0 Å². The maximum Gasteiger partial charge on any atom is 0.0317 e. The fraction of sp³-hybridized carbons (Fsp3) is 0.333. The molecule has 1 nitrogen and oxygen atoms in total. The van der Waals surface area contributed by atoms with Crippen molar-refractivity contribution in [3.63, 3.8) is 0 Å². The van der Waals surface area contributed by atoms with Gasteiger partial charge in [0, 0.05) is 11.1 Å². The second-order valence-electron chi connectivity index (χ2n) is 4.03. The fourth-order valence-corrected chi connectivity index (χ4v) is 1.17. The predicted octanol–water partition coefficient (Wildman–Crippen LogP) is 3.12. The average molecular weight is 175 g/mol. The van der Waals surface area contributed by atoms with Crippen LogP contribution in [0.2, 0.25) is 0 Å². The molecule has 1 heteroatoms. The highest BCUT2D eigenvalue weighted by Gasteiger charge is 2.20. The van der Waals surface area contributed by atoms with Crippen LogP contribution in [0, 0.1) is 0 Å². The molecule has 0 aromatic heterocycles. The first-order chi connectivity index (χ1) is 5.94. The third-order valence-corrected chi connectivity index (χ3v) is 2.68. The van der Waals surface area contributed by atoms with Crippen LogP contribution in [-0.4, -0.2) is 0 Å². The number of hydrogen-bond acceptors (Lipinski definition) is 1. The number of nitrogens with two attached hydrogens (primary N) is 1. The standard InChI is InChI=1S/C12H17N/c1-9(2)12(3,4)10-6-5-7-11(13)8-10/h5-8H,1,13H2,2-4H3. The average Bonchev–Trinajstić information content (AvgIpc) is 2.04. The fourth-order valence-electron chi connectivity index (χ4n) is 1.17. The van der Waals surface area contributed by atoms with Crippen molar-refractivity contribution in [2.75, 3.05) is 5.73 Å². The number of allylic oxidation sites excluding steroid dienone is 1. The molecule has 0 radical (unpaired) electrons. The summed E-state index contributed by atoms with van der Waals surface area (Å²) in [4.78, 5) is 0. The molecule has 2 N–H and O–H groups in total. The molecule has 0 amide bonds. The number of benzene rings is 1. The number of anilines is 1. The molecule has 0 aliphatic carbocycles. The zero-order valence-corrected chi connectivity index (χ0v) is 8.59. The quantitative estimate of drug-likeness (QED) is 0.542. The summed E-state index contributed by atoms with van der Waals surface area (Å²) < 4.78 is 0. The minimum Gasteiger partial charge on any atom is -0.399 e. The molecular weight excluding hydrogens is 158 g/mol. The molecule has 0 fully saturated rings. The smallest absolute Gasteiger partial charge is 0.0317 e. The van der Waals surface area contributed by atoms with Crippen LogP contribution >= 0.6 is 0 Å². The molecule has 1 aromatic rings. The van der Waals surface area contributed by atoms with E-state index in [0.29, 0.717) is 0 Å². The Morgan fingerprint density at radius 1 is 1.38 bits per heavy atom. The molecular formula is C12H17N. The zero-order valence-electron chi connectivity index (χ0n) is 8.59. The van der Waals surface area contributed by atoms with Crippen LogP contribution in [0.15, 0.2) is 36.4 Å². The van der Waals surface area contributed by atoms with Gasteiger partial charge in [0.15, 0.2) is 0 Å². The molecule has 0 spiro atoms. The summed E-state index contributed by atoms with van der Waals surface area (Å²) in [7, 11) is 0. The van der Waals surface area contributed by atoms with Crippen LogP contribution in [0.25, 0.3) is 0 Å². The topological polar surface area (TPSA) is 26.0 Å². The Bertz CT molecular complexity index is 324. The largest absolute Gasteiger partial charge is 0.399 e. The Morgan fingerprint density at radius 2 is 2.00 bits per heavy atom. The van der Waals surface area contributed by atoms with Crippen molar-refractivity contribution in [3.05, 3.63) is 42.0 Å². The molecule has 0 aliphatic rings. The van der Waals surface area contributed by atoms with Crippen molar-refractivity contribution in [1.82, 2.24) is 0 Å². The Kier molecular flexibility index (Phi) is 2.46. The summed E-state index contributed by atoms with van der Waals surface area (Å²) in [5.41, 5.74) is 8.92. The van der Waals surface area contributed by atoms with Crippen LogP contribution in [0.3, 0.4) is 0 Å². The van der Waals surface area contributed by atoms with Gasteiger partial charge in [-0.1, -0.05) is 38.1 Å². The van der Waals surface area contributed by atoms with E-state index in [1.807, 2.05) is 25.1 Å². The highest BCUT2D eigenvalue weighted by Crippen LogP contribution is 2.30. The van der Waals surface area contributed by atoms with Gasteiger partial charge in [0.1, 0.15) is 0 Å². The van der Waals surface area contributed by atoms with E-state index >= 15 is 0 Å². The van der Waals surface area contributed by atoms with Gasteiger partial charge in [-0.2, -0.15) is 0 Å². The van der Waals surface area contributed by atoms with E-state index in [1.54, 1.807) is 0 Å². The van der Waals surface area contributed by atoms with Gasteiger partial charge in [-0.3, -0.25) is 0 Å². The molecule has 0 aliphatic heterocycles. The lowest BCUT2D eigenvalue weighted by Crippen LogP contribution is -2.18. The first-order valence-corrected chi connectivity index (χ1v) is 4.46. The number of rotatable bonds is 2. The molecule has 13 heavy (non-hydrogen) atoms. The van der Waals surface area contributed by atoms with Crippen LogP contribution in [0.1, 0.15) is 26.3 Å². The summed E-state index contributed by atoms with van der Waals surface area (Å²) in [5.74, 6) is 0. The Balaban J connectivity index is 3.14. The first-order valence-electron chi connectivity index (χ1n) is 4.46. The molecule has 0 unspecified atom stereocenters. The van der Waals surface area contributed by atoms with Gasteiger partial charge in [0.2, 0.25) is 0 Å². The third kappa shape index (κ3) is 1.92. The number of nitrogen functional groups attached to an aromatic ring is 1. The maximum atomic E-state index is 5.73. The molecule has 70 valence electrons. The highest BCUT2D eigenvalue weighted by molar-refractivity contribution is 5.45. The van der Waals surface area contributed by atoms with Crippen molar-refractivity contribution in [3.8, 4) is 0 Å². The summed E-state index contributed by atoms with van der Waals surface area (Å²) in [6.07, 6.45) is 0. The predicted molar refractivity (Wildman–Crippen MR) is 58.7 cm³/mol. The first kappa shape index (κ1) is 9.85. The van der Waals surface area contributed by atoms with E-state index < -0.39 is 0 Å². The van der Waals surface area contributed by atoms with E-state index in [4.69, 9.17) is 5.73 Å². The molecule has 0 heterocycles. The van der Waals surface area contributed by atoms with Gasteiger partial charge in [0.25, 0.3) is 0 Å². The normalized spacial score (nSPS) is 11.3. The van der Waals surface area contributed by atoms with Crippen molar-refractivity contribution in [1.29, 1.82) is 0 Å². The van der Waals surface area contributed by atoms with Crippen molar-refractivity contribution in [2.24, 2.45) is 0 Å². The molecule has 1 aromatic carbocycles. The van der Waals surface area contributed by atoms with E-state index in [-0.39, 0.29) is 5.41 Å². The lowest BCUT2D eigenvalue weighted by molar-refractivity contribution is 0.626. The van der Waals surface area contributed by atoms with E-state index in [1.165, 1.54) is 5.56 Å². The summed E-state index contributed by atoms with van der Waals surface area (Å²) in [5, 5.41) is 0. The van der Waals surface area contributed by atoms with Crippen LogP contribution in [-0.2, 0) is 5.41 Å². The summed E-state index contributed by atoms with van der Waals surface area (Å²) >= 11 is 0. The zero-order chi connectivity index (χ0) is 10.1. The van der Waals surface area contributed by atoms with Gasteiger partial charge >= 0.3 is 0 Å². The Hall–Kier alpha value is -1.24. The SMILES string of the molecule is C=C(C)C(C)(C)c1cccc(N)c1. The molecule has 1 rings (SSSR count). The van der Waals surface area contributed by atoms with Crippen molar-refractivity contribution >= 4 is 5.69 Å². The molecule has 0 bridgehead atoms. The minimum absolute atomic E-state index is 0.00931. The minimum atomic E-state index is 0.00931. The van der Waals surface area contributed by atoms with E-state index in [2.05, 4.69) is 26.5 Å². The Morgan fingerprint density at radius 3 is 2.46 bits per heavy atom. The molecule has 0 saturated carbocycles. The third-order valence-electron chi connectivity index (χ3n) is 2.68. The van der Waals surface area contributed by atoms with Crippen LogP contribution in [0.4, 0.5) is 5.69 Å². The van der Waals surface area contributed by atoms with Gasteiger partial charge in [-0.05, 0) is 24.6 Å². The molecule has 0 saturated heterocycles. The van der Waals surface area contributed by atoms with E-state index in [0.717, 1.165) is 11.3 Å². The number of hydrogen-bond donors (Lipinski definition) is 1. The highest BCUT2D eigenvalue weighted by atomic mass is 14.5. The van der Waals surface area contributed by atoms with Crippen molar-refractivity contribution in [2.45, 2.75) is 26.2 Å².